The average molecular weight is 428 g/mol. The van der Waals surface area contributed by atoms with Gasteiger partial charge in [0.15, 0.2) is 0 Å². The molecule has 3 N–H and O–H groups in total. The smallest absolute Gasteiger partial charge is 0.323 e. The molecule has 1 aliphatic rings. The van der Waals surface area contributed by atoms with Gasteiger partial charge in [-0.25, -0.2) is 0 Å². The number of rotatable bonds is 8. The number of Topliss-reactive ketones (excluding diaryl/α,β-unsaturated/α-hetero) is 1. The summed E-state index contributed by atoms with van der Waals surface area (Å²) in [6, 6.07) is 5.89. The topological polar surface area (TPSA) is 120 Å². The molecule has 1 saturated carbocycles. The van der Waals surface area contributed by atoms with Gasteiger partial charge in [-0.05, 0) is 38.7 Å². The highest BCUT2D eigenvalue weighted by atomic mass is 16.4. The Morgan fingerprint density at radius 2 is 1.81 bits per heavy atom. The number of hydrogen-bond donors (Lipinski definition) is 3. The van der Waals surface area contributed by atoms with Gasteiger partial charge < -0.3 is 20.3 Å². The predicted octanol–water partition coefficient (Wildman–Crippen LogP) is 2.74. The molecular weight excluding hydrogens is 398 g/mol. The summed E-state index contributed by atoms with van der Waals surface area (Å²) in [6.07, 6.45) is 5.72. The lowest BCUT2D eigenvalue weighted by Crippen LogP contribution is -2.57. The van der Waals surface area contributed by atoms with E-state index in [4.69, 9.17) is 0 Å². The summed E-state index contributed by atoms with van der Waals surface area (Å²) < 4.78 is 0. The number of fused-ring (bicyclic) bond motifs is 1. The monoisotopic (exact) mass is 427 g/mol. The van der Waals surface area contributed by atoms with Gasteiger partial charge in [-0.1, -0.05) is 37.5 Å². The van der Waals surface area contributed by atoms with Crippen LogP contribution in [0, 0.1) is 5.92 Å². The second-order valence-corrected chi connectivity index (χ2v) is 8.41. The summed E-state index contributed by atoms with van der Waals surface area (Å²) in [6.45, 7) is 2.90. The lowest BCUT2D eigenvalue weighted by molar-refractivity contribution is -0.148. The van der Waals surface area contributed by atoms with E-state index in [9.17, 15) is 24.3 Å². The number of para-hydroxylation sites is 1. The molecule has 0 saturated heterocycles. The SMILES string of the molecule is CC(C)NC(=O)C(C1CCCCC1)N(CC(=O)O)C(=O)C(=O)c1c[nH]c2ccccc12. The first kappa shape index (κ1) is 22.5. The van der Waals surface area contributed by atoms with Gasteiger partial charge in [-0.15, -0.1) is 0 Å². The number of carbonyl (C=O) groups is 4. The molecule has 31 heavy (non-hydrogen) atoms. The molecule has 166 valence electrons. The van der Waals surface area contributed by atoms with Gasteiger partial charge in [-0.3, -0.25) is 19.2 Å². The maximum absolute atomic E-state index is 13.3. The number of aromatic amines is 1. The quantitative estimate of drug-likeness (QED) is 0.442. The molecule has 8 heteroatoms. The van der Waals surface area contributed by atoms with Crippen LogP contribution < -0.4 is 5.32 Å². The maximum Gasteiger partial charge on any atom is 0.323 e. The number of benzene rings is 1. The van der Waals surface area contributed by atoms with Crippen LogP contribution in [0.3, 0.4) is 0 Å². The van der Waals surface area contributed by atoms with E-state index in [2.05, 4.69) is 10.3 Å². The van der Waals surface area contributed by atoms with Crippen molar-refractivity contribution >= 4 is 34.5 Å². The normalized spacial score (nSPS) is 15.6. The van der Waals surface area contributed by atoms with Gasteiger partial charge in [0.2, 0.25) is 5.91 Å². The van der Waals surface area contributed by atoms with E-state index >= 15 is 0 Å². The van der Waals surface area contributed by atoms with Gasteiger partial charge in [0, 0.05) is 23.1 Å². The second kappa shape index (κ2) is 9.76. The maximum atomic E-state index is 13.3. The number of ketones is 1. The van der Waals surface area contributed by atoms with Crippen LogP contribution in [-0.2, 0) is 14.4 Å². The Labute approximate surface area is 181 Å². The van der Waals surface area contributed by atoms with Crippen molar-refractivity contribution in [3.8, 4) is 0 Å². The number of aliphatic carboxylic acids is 1. The Morgan fingerprint density at radius 1 is 1.13 bits per heavy atom. The summed E-state index contributed by atoms with van der Waals surface area (Å²) >= 11 is 0. The molecular formula is C23H29N3O5. The number of nitrogens with one attached hydrogen (secondary N) is 2. The van der Waals surface area contributed by atoms with Crippen molar-refractivity contribution in [1.82, 2.24) is 15.2 Å². The van der Waals surface area contributed by atoms with Crippen LogP contribution in [0.25, 0.3) is 10.9 Å². The molecule has 0 aliphatic heterocycles. The fourth-order valence-corrected chi connectivity index (χ4v) is 4.38. The van der Waals surface area contributed by atoms with Crippen LogP contribution >= 0.6 is 0 Å². The number of nitrogens with zero attached hydrogens (tertiary/aromatic N) is 1. The van der Waals surface area contributed by atoms with Crippen molar-refractivity contribution < 1.29 is 24.3 Å². The Balaban J connectivity index is 1.98. The molecule has 3 rings (SSSR count). The highest BCUT2D eigenvalue weighted by Crippen LogP contribution is 2.30. The molecule has 1 fully saturated rings. The number of aromatic nitrogens is 1. The van der Waals surface area contributed by atoms with E-state index in [1.807, 2.05) is 0 Å². The largest absolute Gasteiger partial charge is 0.480 e. The number of carbonyl (C=O) groups excluding carboxylic acids is 3. The third-order valence-electron chi connectivity index (χ3n) is 5.73. The van der Waals surface area contributed by atoms with Crippen molar-refractivity contribution in [2.24, 2.45) is 5.92 Å². The number of H-pyrrole nitrogens is 1. The van der Waals surface area contributed by atoms with Gasteiger partial charge >= 0.3 is 5.97 Å². The summed E-state index contributed by atoms with van der Waals surface area (Å²) in [5.41, 5.74) is 0.868. The summed E-state index contributed by atoms with van der Waals surface area (Å²) in [5, 5.41) is 12.9. The van der Waals surface area contributed by atoms with Crippen LogP contribution in [-0.4, -0.2) is 57.2 Å². The number of carboxylic acid groups (broad SMARTS) is 1. The third-order valence-corrected chi connectivity index (χ3v) is 5.73. The Bertz CT molecular complexity index is 975. The highest BCUT2D eigenvalue weighted by Gasteiger charge is 2.40. The molecule has 0 spiro atoms. The molecule has 2 amide bonds. The average Bonchev–Trinajstić information content (AvgIpc) is 3.16. The van der Waals surface area contributed by atoms with Crippen LogP contribution in [0.5, 0.6) is 0 Å². The summed E-state index contributed by atoms with van der Waals surface area (Å²) in [5.74, 6) is -3.66. The van der Waals surface area contributed by atoms with Gasteiger partial charge in [-0.2, -0.15) is 0 Å². The molecule has 1 aromatic carbocycles. The van der Waals surface area contributed by atoms with E-state index in [0.717, 1.165) is 24.2 Å². The first-order chi connectivity index (χ1) is 14.8. The van der Waals surface area contributed by atoms with Crippen LogP contribution in [0.4, 0.5) is 0 Å². The molecule has 1 aliphatic carbocycles. The van der Waals surface area contributed by atoms with E-state index in [1.54, 1.807) is 38.1 Å². The Kier molecular flexibility index (Phi) is 7.09. The van der Waals surface area contributed by atoms with Crippen molar-refractivity contribution in [1.29, 1.82) is 0 Å². The minimum atomic E-state index is -1.27. The Hall–Kier alpha value is -3.16. The van der Waals surface area contributed by atoms with Crippen LogP contribution in [0.2, 0.25) is 0 Å². The van der Waals surface area contributed by atoms with E-state index in [1.165, 1.54) is 6.20 Å². The fraction of sp³-hybridized carbons (Fsp3) is 0.478. The minimum Gasteiger partial charge on any atom is -0.480 e. The third kappa shape index (κ3) is 5.13. The summed E-state index contributed by atoms with van der Waals surface area (Å²) in [4.78, 5) is 55.1. The molecule has 8 nitrogen and oxygen atoms in total. The second-order valence-electron chi connectivity index (χ2n) is 8.41. The van der Waals surface area contributed by atoms with E-state index < -0.39 is 36.2 Å². The van der Waals surface area contributed by atoms with Gasteiger partial charge in [0.05, 0.1) is 5.56 Å². The molecule has 1 unspecified atom stereocenters. The minimum absolute atomic E-state index is 0.169. The first-order valence-electron chi connectivity index (χ1n) is 10.7. The zero-order chi connectivity index (χ0) is 22.5. The van der Waals surface area contributed by atoms with Gasteiger partial charge in [0.1, 0.15) is 12.6 Å². The van der Waals surface area contributed by atoms with E-state index in [-0.39, 0.29) is 17.5 Å². The van der Waals surface area contributed by atoms with Gasteiger partial charge in [0.25, 0.3) is 11.7 Å². The molecule has 1 heterocycles. The number of carboxylic acids is 1. The number of amides is 2. The molecule has 1 aromatic heterocycles. The fourth-order valence-electron chi connectivity index (χ4n) is 4.38. The van der Waals surface area contributed by atoms with Crippen molar-refractivity contribution in [3.63, 3.8) is 0 Å². The zero-order valence-electron chi connectivity index (χ0n) is 17.9. The number of hydrogen-bond acceptors (Lipinski definition) is 4. The molecule has 1 atom stereocenters. The van der Waals surface area contributed by atoms with Crippen molar-refractivity contribution in [2.75, 3.05) is 6.54 Å². The van der Waals surface area contributed by atoms with Crippen molar-refractivity contribution in [2.45, 2.75) is 58.0 Å². The molecule has 0 radical (unpaired) electrons. The molecule has 0 bridgehead atoms. The lowest BCUT2D eigenvalue weighted by Gasteiger charge is -2.37. The lowest BCUT2D eigenvalue weighted by atomic mass is 9.82. The van der Waals surface area contributed by atoms with E-state index in [0.29, 0.717) is 23.7 Å². The van der Waals surface area contributed by atoms with Crippen molar-refractivity contribution in [3.05, 3.63) is 36.0 Å². The van der Waals surface area contributed by atoms with Crippen LogP contribution in [0.1, 0.15) is 56.3 Å². The first-order valence-corrected chi connectivity index (χ1v) is 10.7. The van der Waals surface area contributed by atoms with Crippen LogP contribution in [0.15, 0.2) is 30.5 Å². The standard InChI is InChI=1S/C23H29N3O5/c1-14(2)25-22(30)20(15-8-4-3-5-9-15)26(13-19(27)28)23(31)21(29)17-12-24-18-11-7-6-10-16(17)18/h6-7,10-12,14-15,20,24H,3-5,8-9,13H2,1-2H3,(H,25,30)(H,27,28). The Morgan fingerprint density at radius 3 is 2.45 bits per heavy atom. The highest BCUT2D eigenvalue weighted by molar-refractivity contribution is 6.45. The zero-order valence-corrected chi connectivity index (χ0v) is 17.9. The predicted molar refractivity (Wildman–Crippen MR) is 116 cm³/mol. The molecule has 2 aromatic rings. The summed E-state index contributed by atoms with van der Waals surface area (Å²) in [7, 11) is 0.